The molecule has 0 aromatic heterocycles. The molecule has 2 fully saturated rings. The summed E-state index contributed by atoms with van der Waals surface area (Å²) < 4.78 is 23.0. The molecule has 0 bridgehead atoms. The predicted octanol–water partition coefficient (Wildman–Crippen LogP) is 1.22. The molecule has 1 amide bonds. The van der Waals surface area contributed by atoms with Crippen LogP contribution in [0.4, 0.5) is 0 Å². The van der Waals surface area contributed by atoms with Gasteiger partial charge in [0.1, 0.15) is 9.84 Å². The SMILES string of the molecule is CCCN(C(=O)CC1(CS(C)(=O)=O)CC1)C1CCNC1.Cl. The first kappa shape index (κ1) is 18.7. The van der Waals surface area contributed by atoms with E-state index < -0.39 is 9.84 Å². The van der Waals surface area contributed by atoms with Crippen molar-refractivity contribution in [2.24, 2.45) is 5.41 Å². The van der Waals surface area contributed by atoms with Crippen LogP contribution in [0.25, 0.3) is 0 Å². The molecule has 7 heteroatoms. The minimum atomic E-state index is -3.01. The van der Waals surface area contributed by atoms with Gasteiger partial charge in [-0.3, -0.25) is 4.79 Å². The average molecular weight is 339 g/mol. The van der Waals surface area contributed by atoms with Gasteiger partial charge in [-0.15, -0.1) is 12.4 Å². The first-order valence-electron chi connectivity index (χ1n) is 7.53. The molecule has 2 rings (SSSR count). The molecule has 2 aliphatic rings. The number of amides is 1. The standard InChI is InChI=1S/C14H26N2O3S.ClH/c1-3-8-16(12-4-7-15-10-12)13(17)9-14(5-6-14)11-20(2,18)19;/h12,15H,3-11H2,1-2H3;1H. The molecule has 0 aromatic carbocycles. The van der Waals surface area contributed by atoms with Gasteiger partial charge in [0.25, 0.3) is 0 Å². The highest BCUT2D eigenvalue weighted by Gasteiger charge is 2.47. The van der Waals surface area contributed by atoms with Crippen molar-refractivity contribution in [1.29, 1.82) is 0 Å². The Labute approximate surface area is 134 Å². The lowest BCUT2D eigenvalue weighted by Gasteiger charge is -2.30. The van der Waals surface area contributed by atoms with E-state index in [-0.39, 0.29) is 35.5 Å². The summed E-state index contributed by atoms with van der Waals surface area (Å²) in [5, 5.41) is 3.29. The Morgan fingerprint density at radius 2 is 2.05 bits per heavy atom. The summed E-state index contributed by atoms with van der Waals surface area (Å²) in [6, 6.07) is 0.288. The molecule has 1 atom stereocenters. The van der Waals surface area contributed by atoms with E-state index in [1.807, 2.05) is 4.90 Å². The lowest BCUT2D eigenvalue weighted by atomic mass is 10.0. The van der Waals surface area contributed by atoms with Crippen molar-refractivity contribution in [1.82, 2.24) is 10.2 Å². The smallest absolute Gasteiger partial charge is 0.223 e. The number of nitrogens with one attached hydrogen (secondary N) is 1. The number of rotatable bonds is 7. The summed E-state index contributed by atoms with van der Waals surface area (Å²) in [7, 11) is -3.01. The molecule has 1 heterocycles. The summed E-state index contributed by atoms with van der Waals surface area (Å²) >= 11 is 0. The maximum Gasteiger partial charge on any atom is 0.223 e. The van der Waals surface area contributed by atoms with E-state index in [1.165, 1.54) is 6.26 Å². The molecule has 0 aromatic rings. The molecule has 1 unspecified atom stereocenters. The van der Waals surface area contributed by atoms with Gasteiger partial charge in [0.15, 0.2) is 0 Å². The highest BCUT2D eigenvalue weighted by Crippen LogP contribution is 2.50. The lowest BCUT2D eigenvalue weighted by molar-refractivity contribution is -0.134. The van der Waals surface area contributed by atoms with Crippen molar-refractivity contribution >= 4 is 28.2 Å². The normalized spacial score (nSPS) is 23.4. The van der Waals surface area contributed by atoms with E-state index in [1.54, 1.807) is 0 Å². The molecule has 124 valence electrons. The van der Waals surface area contributed by atoms with Crippen molar-refractivity contribution in [2.75, 3.05) is 31.6 Å². The molecule has 1 N–H and O–H groups in total. The van der Waals surface area contributed by atoms with E-state index in [2.05, 4.69) is 12.2 Å². The maximum atomic E-state index is 12.6. The number of halogens is 1. The van der Waals surface area contributed by atoms with Crippen LogP contribution >= 0.6 is 12.4 Å². The van der Waals surface area contributed by atoms with Gasteiger partial charge >= 0.3 is 0 Å². The third-order valence-electron chi connectivity index (χ3n) is 4.31. The summed E-state index contributed by atoms with van der Waals surface area (Å²) in [4.78, 5) is 14.5. The molecule has 1 aliphatic carbocycles. The van der Waals surface area contributed by atoms with Crippen LogP contribution in [0.15, 0.2) is 0 Å². The van der Waals surface area contributed by atoms with E-state index in [0.717, 1.165) is 45.3 Å². The first-order chi connectivity index (χ1) is 9.35. The van der Waals surface area contributed by atoms with Gasteiger partial charge in [-0.1, -0.05) is 6.92 Å². The third kappa shape index (κ3) is 5.42. The first-order valence-corrected chi connectivity index (χ1v) is 9.59. The van der Waals surface area contributed by atoms with Crippen LogP contribution < -0.4 is 5.32 Å². The Balaban J connectivity index is 0.00000220. The molecule has 0 radical (unpaired) electrons. The predicted molar refractivity (Wildman–Crippen MR) is 86.5 cm³/mol. The van der Waals surface area contributed by atoms with Gasteiger partial charge in [0.05, 0.1) is 5.75 Å². The van der Waals surface area contributed by atoms with Crippen molar-refractivity contribution in [3.05, 3.63) is 0 Å². The Morgan fingerprint density at radius 1 is 1.38 bits per heavy atom. The molecule has 1 aliphatic heterocycles. The van der Waals surface area contributed by atoms with Crippen LogP contribution in [0.3, 0.4) is 0 Å². The van der Waals surface area contributed by atoms with Gasteiger partial charge < -0.3 is 10.2 Å². The number of hydrogen-bond acceptors (Lipinski definition) is 4. The molecular formula is C14H27ClN2O3S. The molecular weight excluding hydrogens is 312 g/mol. The third-order valence-corrected chi connectivity index (χ3v) is 5.45. The quantitative estimate of drug-likeness (QED) is 0.758. The fraction of sp³-hybridized carbons (Fsp3) is 0.929. The fourth-order valence-corrected chi connectivity index (χ4v) is 4.69. The summed E-state index contributed by atoms with van der Waals surface area (Å²) in [6.45, 7) is 4.68. The summed E-state index contributed by atoms with van der Waals surface area (Å²) in [5.41, 5.74) is -0.261. The molecule has 1 saturated carbocycles. The summed E-state index contributed by atoms with van der Waals surface area (Å²) in [6.07, 6.45) is 5.36. The van der Waals surface area contributed by atoms with Crippen molar-refractivity contribution in [3.63, 3.8) is 0 Å². The second kappa shape index (κ2) is 7.29. The minimum Gasteiger partial charge on any atom is -0.338 e. The second-order valence-electron chi connectivity index (χ2n) is 6.48. The fourth-order valence-electron chi connectivity index (χ4n) is 3.18. The zero-order valence-corrected chi connectivity index (χ0v) is 14.6. The number of sulfone groups is 1. The Bertz CT molecular complexity index is 457. The van der Waals surface area contributed by atoms with Crippen LogP contribution in [0.2, 0.25) is 0 Å². The molecule has 5 nitrogen and oxygen atoms in total. The van der Waals surface area contributed by atoms with E-state index >= 15 is 0 Å². The van der Waals surface area contributed by atoms with Crippen molar-refractivity contribution in [2.45, 2.75) is 45.1 Å². The average Bonchev–Trinajstić information content (AvgIpc) is 2.88. The van der Waals surface area contributed by atoms with E-state index in [4.69, 9.17) is 0 Å². The minimum absolute atomic E-state index is 0. The topological polar surface area (TPSA) is 66.5 Å². The number of nitrogens with zero attached hydrogens (tertiary/aromatic N) is 1. The Morgan fingerprint density at radius 3 is 2.48 bits per heavy atom. The number of carbonyl (C=O) groups excluding carboxylic acids is 1. The molecule has 21 heavy (non-hydrogen) atoms. The van der Waals surface area contributed by atoms with Crippen molar-refractivity contribution < 1.29 is 13.2 Å². The largest absolute Gasteiger partial charge is 0.338 e. The van der Waals surface area contributed by atoms with Gasteiger partial charge in [-0.25, -0.2) is 8.42 Å². The monoisotopic (exact) mass is 338 g/mol. The zero-order valence-electron chi connectivity index (χ0n) is 12.9. The van der Waals surface area contributed by atoms with Crippen LogP contribution in [-0.4, -0.2) is 56.9 Å². The van der Waals surface area contributed by atoms with Gasteiger partial charge in [-0.05, 0) is 37.6 Å². The molecule has 0 spiro atoms. The number of carbonyl (C=O) groups is 1. The maximum absolute atomic E-state index is 12.6. The van der Waals surface area contributed by atoms with Crippen LogP contribution in [0.1, 0.15) is 39.0 Å². The highest BCUT2D eigenvalue weighted by atomic mass is 35.5. The van der Waals surface area contributed by atoms with E-state index in [0.29, 0.717) is 6.42 Å². The zero-order chi connectivity index (χ0) is 14.8. The van der Waals surface area contributed by atoms with Gasteiger partial charge in [0, 0.05) is 31.8 Å². The Hall–Kier alpha value is -0.330. The van der Waals surface area contributed by atoms with Crippen LogP contribution in [-0.2, 0) is 14.6 Å². The number of hydrogen-bond donors (Lipinski definition) is 1. The van der Waals surface area contributed by atoms with Gasteiger partial charge in [0.2, 0.25) is 5.91 Å². The van der Waals surface area contributed by atoms with Crippen molar-refractivity contribution in [3.8, 4) is 0 Å². The lowest BCUT2D eigenvalue weighted by Crippen LogP contribution is -2.43. The van der Waals surface area contributed by atoms with Crippen LogP contribution in [0, 0.1) is 5.41 Å². The highest BCUT2D eigenvalue weighted by molar-refractivity contribution is 7.90. The van der Waals surface area contributed by atoms with Gasteiger partial charge in [-0.2, -0.15) is 0 Å². The Kier molecular flexibility index (Phi) is 6.50. The van der Waals surface area contributed by atoms with Crippen LogP contribution in [0.5, 0.6) is 0 Å². The van der Waals surface area contributed by atoms with E-state index in [9.17, 15) is 13.2 Å². The second-order valence-corrected chi connectivity index (χ2v) is 8.62. The molecule has 1 saturated heterocycles. The summed E-state index contributed by atoms with van der Waals surface area (Å²) in [5.74, 6) is 0.302.